The van der Waals surface area contributed by atoms with Gasteiger partial charge in [0.15, 0.2) is 5.16 Å². The highest BCUT2D eigenvalue weighted by molar-refractivity contribution is 7.99. The molecule has 0 aliphatic heterocycles. The molecule has 164 valence electrons. The molecule has 4 aromatic heterocycles. The third-order valence-electron chi connectivity index (χ3n) is 5.44. The zero-order valence-electron chi connectivity index (χ0n) is 18.7. The summed E-state index contributed by atoms with van der Waals surface area (Å²) < 4.78 is 13.2. The summed E-state index contributed by atoms with van der Waals surface area (Å²) in [4.78, 5) is 12.8. The Labute approximate surface area is 188 Å². The van der Waals surface area contributed by atoms with Crippen LogP contribution in [-0.4, -0.2) is 42.0 Å². The van der Waals surface area contributed by atoms with E-state index in [1.165, 1.54) is 11.8 Å². The van der Waals surface area contributed by atoms with Gasteiger partial charge in [0.1, 0.15) is 34.3 Å². The summed E-state index contributed by atoms with van der Waals surface area (Å²) in [7, 11) is 1.67. The van der Waals surface area contributed by atoms with E-state index >= 15 is 0 Å². The molecule has 9 nitrogen and oxygen atoms in total. The second kappa shape index (κ2) is 7.63. The minimum Gasteiger partial charge on any atom is -0.496 e. The molecule has 0 fully saturated rings. The number of hydrogen-bond donors (Lipinski definition) is 1. The average Bonchev–Trinajstić information content (AvgIpc) is 3.43. The van der Waals surface area contributed by atoms with E-state index in [1.807, 2.05) is 31.4 Å². The first-order valence-corrected chi connectivity index (χ1v) is 11.1. The van der Waals surface area contributed by atoms with E-state index in [-0.39, 0.29) is 6.04 Å². The topological polar surface area (TPSA) is 108 Å². The van der Waals surface area contributed by atoms with Crippen LogP contribution in [0.1, 0.15) is 37.2 Å². The Kier molecular flexibility index (Phi) is 4.89. The van der Waals surface area contributed by atoms with Crippen molar-refractivity contribution in [2.45, 2.75) is 50.8 Å². The van der Waals surface area contributed by atoms with Crippen molar-refractivity contribution >= 4 is 33.7 Å². The summed E-state index contributed by atoms with van der Waals surface area (Å²) in [6.07, 6.45) is 1.74. The van der Waals surface area contributed by atoms with Gasteiger partial charge in [0, 0.05) is 22.5 Å². The van der Waals surface area contributed by atoms with E-state index in [4.69, 9.17) is 14.2 Å². The van der Waals surface area contributed by atoms with Crippen molar-refractivity contribution in [2.24, 2.45) is 0 Å². The lowest BCUT2D eigenvalue weighted by atomic mass is 10.0. The van der Waals surface area contributed by atoms with E-state index in [9.17, 15) is 0 Å². The molecular weight excluding hydrogens is 426 g/mol. The SMILES string of the molecule is COc1cc2c(cc1-c1c(C)noc1C)[nH]c1nc(C)nc(Sc3nncn3C(C)C)c12. The molecule has 1 aromatic carbocycles. The van der Waals surface area contributed by atoms with Gasteiger partial charge in [-0.05, 0) is 58.5 Å². The monoisotopic (exact) mass is 449 g/mol. The Morgan fingerprint density at radius 3 is 2.66 bits per heavy atom. The predicted molar refractivity (Wildman–Crippen MR) is 122 cm³/mol. The molecule has 4 heterocycles. The van der Waals surface area contributed by atoms with Crippen molar-refractivity contribution in [1.29, 1.82) is 0 Å². The number of nitrogens with zero attached hydrogens (tertiary/aromatic N) is 6. The molecule has 0 amide bonds. The number of ether oxygens (including phenoxy) is 1. The van der Waals surface area contributed by atoms with Gasteiger partial charge >= 0.3 is 0 Å². The van der Waals surface area contributed by atoms with Crippen molar-refractivity contribution in [3.63, 3.8) is 0 Å². The predicted octanol–water partition coefficient (Wildman–Crippen LogP) is 5.02. The van der Waals surface area contributed by atoms with Crippen molar-refractivity contribution in [3.8, 4) is 16.9 Å². The molecule has 0 saturated heterocycles. The molecule has 0 unspecified atom stereocenters. The Hall–Kier alpha value is -3.40. The number of nitrogens with one attached hydrogen (secondary N) is 1. The summed E-state index contributed by atoms with van der Waals surface area (Å²) in [5.41, 5.74) is 4.37. The molecule has 32 heavy (non-hydrogen) atoms. The lowest BCUT2D eigenvalue weighted by molar-refractivity contribution is 0.393. The third-order valence-corrected chi connectivity index (χ3v) is 6.40. The van der Waals surface area contributed by atoms with Crippen LogP contribution in [0.25, 0.3) is 33.1 Å². The van der Waals surface area contributed by atoms with Gasteiger partial charge in [0.05, 0.1) is 23.8 Å². The highest BCUT2D eigenvalue weighted by Gasteiger charge is 2.21. The van der Waals surface area contributed by atoms with E-state index < -0.39 is 0 Å². The summed E-state index contributed by atoms with van der Waals surface area (Å²) in [5, 5.41) is 16.0. The maximum absolute atomic E-state index is 5.77. The first-order chi connectivity index (χ1) is 15.4. The molecule has 10 heteroatoms. The second-order valence-electron chi connectivity index (χ2n) is 7.94. The summed E-state index contributed by atoms with van der Waals surface area (Å²) in [6.45, 7) is 9.91. The van der Waals surface area contributed by atoms with E-state index in [0.29, 0.717) is 5.82 Å². The van der Waals surface area contributed by atoms with Gasteiger partial charge in [-0.25, -0.2) is 9.97 Å². The molecule has 0 radical (unpaired) electrons. The number of rotatable bonds is 5. The molecule has 0 saturated carbocycles. The number of benzene rings is 1. The first kappa shape index (κ1) is 20.5. The number of aromatic amines is 1. The first-order valence-electron chi connectivity index (χ1n) is 10.3. The number of H-pyrrole nitrogens is 1. The zero-order chi connectivity index (χ0) is 22.6. The van der Waals surface area contributed by atoms with Gasteiger partial charge in [-0.3, -0.25) is 0 Å². The Balaban J connectivity index is 1.75. The van der Waals surface area contributed by atoms with Crippen LogP contribution >= 0.6 is 11.8 Å². The normalized spacial score (nSPS) is 11.8. The van der Waals surface area contributed by atoms with Crippen LogP contribution in [0.4, 0.5) is 0 Å². The van der Waals surface area contributed by atoms with Gasteiger partial charge in [0.2, 0.25) is 0 Å². The minimum absolute atomic E-state index is 0.242. The highest BCUT2D eigenvalue weighted by atomic mass is 32.2. The van der Waals surface area contributed by atoms with Crippen LogP contribution in [0.2, 0.25) is 0 Å². The summed E-state index contributed by atoms with van der Waals surface area (Å²) in [5.74, 6) is 2.16. The van der Waals surface area contributed by atoms with Gasteiger partial charge < -0.3 is 18.8 Å². The Morgan fingerprint density at radius 2 is 1.97 bits per heavy atom. The fourth-order valence-electron chi connectivity index (χ4n) is 3.95. The second-order valence-corrected chi connectivity index (χ2v) is 8.89. The van der Waals surface area contributed by atoms with Crippen LogP contribution in [0, 0.1) is 20.8 Å². The molecule has 5 aromatic rings. The van der Waals surface area contributed by atoms with Crippen molar-refractivity contribution < 1.29 is 9.26 Å². The fourth-order valence-corrected chi connectivity index (χ4v) is 5.06. The largest absolute Gasteiger partial charge is 0.496 e. The standard InChI is InChI=1S/C22H23N7O2S/c1-10(2)29-9-23-27-22(29)32-21-19-14-8-17(30-6)15(18-11(3)28-31-12(18)4)7-16(14)26-20(19)24-13(5)25-21/h7-10H,1-6H3,(H,24,25,26). The molecule has 0 bridgehead atoms. The van der Waals surface area contributed by atoms with E-state index in [0.717, 1.165) is 60.4 Å². The van der Waals surface area contributed by atoms with Crippen LogP contribution in [-0.2, 0) is 0 Å². The smallest absolute Gasteiger partial charge is 0.197 e. The maximum Gasteiger partial charge on any atom is 0.197 e. The minimum atomic E-state index is 0.242. The highest BCUT2D eigenvalue weighted by Crippen LogP contribution is 2.42. The molecule has 0 atom stereocenters. The number of hydrogen-bond acceptors (Lipinski definition) is 8. The van der Waals surface area contributed by atoms with Gasteiger partial charge in [-0.15, -0.1) is 10.2 Å². The lowest BCUT2D eigenvalue weighted by Gasteiger charge is -2.10. The number of methoxy groups -OCH3 is 1. The van der Waals surface area contributed by atoms with Crippen LogP contribution in [0.3, 0.4) is 0 Å². The third kappa shape index (κ3) is 3.22. The molecule has 0 aliphatic rings. The quantitative estimate of drug-likeness (QED) is 0.373. The molecule has 5 rings (SSSR count). The van der Waals surface area contributed by atoms with Crippen LogP contribution in [0.5, 0.6) is 5.75 Å². The number of aryl methyl sites for hydroxylation is 3. The Morgan fingerprint density at radius 1 is 1.16 bits per heavy atom. The maximum atomic E-state index is 5.77. The van der Waals surface area contributed by atoms with Gasteiger partial charge in [-0.1, -0.05) is 5.16 Å². The van der Waals surface area contributed by atoms with Crippen LogP contribution < -0.4 is 4.74 Å². The Bertz CT molecular complexity index is 1450. The number of fused-ring (bicyclic) bond motifs is 3. The molecular formula is C22H23N7O2S. The zero-order valence-corrected chi connectivity index (χ0v) is 19.5. The van der Waals surface area contributed by atoms with Crippen molar-refractivity contribution in [3.05, 3.63) is 35.7 Å². The average molecular weight is 450 g/mol. The number of aromatic nitrogens is 7. The summed E-state index contributed by atoms with van der Waals surface area (Å²) in [6, 6.07) is 4.32. The van der Waals surface area contributed by atoms with E-state index in [2.05, 4.69) is 45.2 Å². The summed E-state index contributed by atoms with van der Waals surface area (Å²) >= 11 is 1.49. The van der Waals surface area contributed by atoms with Crippen molar-refractivity contribution in [2.75, 3.05) is 7.11 Å². The lowest BCUT2D eigenvalue weighted by Crippen LogP contribution is -2.01. The van der Waals surface area contributed by atoms with Crippen molar-refractivity contribution in [1.82, 2.24) is 34.9 Å². The van der Waals surface area contributed by atoms with Crippen LogP contribution in [0.15, 0.2) is 33.2 Å². The van der Waals surface area contributed by atoms with Gasteiger partial charge in [-0.2, -0.15) is 0 Å². The van der Waals surface area contributed by atoms with E-state index in [1.54, 1.807) is 13.4 Å². The fraction of sp³-hybridized carbons (Fsp3) is 0.318. The molecule has 0 aliphatic carbocycles. The molecule has 0 spiro atoms. The molecule has 1 N–H and O–H groups in total. The van der Waals surface area contributed by atoms with Gasteiger partial charge in [0.25, 0.3) is 0 Å².